The number of aromatic hydroxyl groups is 1. The summed E-state index contributed by atoms with van der Waals surface area (Å²) in [6.07, 6.45) is 0. The van der Waals surface area contributed by atoms with Crippen LogP contribution in [0.3, 0.4) is 0 Å². The van der Waals surface area contributed by atoms with Gasteiger partial charge in [-0.3, -0.25) is 0 Å². The van der Waals surface area contributed by atoms with Crippen molar-refractivity contribution in [1.29, 1.82) is 0 Å². The van der Waals surface area contributed by atoms with E-state index in [0.29, 0.717) is 21.0 Å². The van der Waals surface area contributed by atoms with Crippen LogP contribution in [-0.2, 0) is 0 Å². The molecule has 0 bridgehead atoms. The van der Waals surface area contributed by atoms with Crippen molar-refractivity contribution in [2.24, 2.45) is 0 Å². The van der Waals surface area contributed by atoms with E-state index in [0.717, 1.165) is 5.56 Å². The molecule has 0 aliphatic heterocycles. The maximum atomic E-state index is 9.10. The van der Waals surface area contributed by atoms with Crippen molar-refractivity contribution >= 4 is 15.2 Å². The molecule has 0 aromatic heterocycles. The molecule has 0 aliphatic carbocycles. The Morgan fingerprint density at radius 1 is 0.778 bits per heavy atom. The van der Waals surface area contributed by atoms with E-state index in [4.69, 9.17) is 5.11 Å². The molecule has 0 fully saturated rings. The first-order valence-corrected chi connectivity index (χ1v) is 8.62. The molecule has 2 aromatic rings. The maximum Gasteiger partial charge on any atom is 0.236 e. The zero-order valence-electron chi connectivity index (χ0n) is 11.3. The molecule has 0 heterocycles. The average Bonchev–Trinajstić information content (AvgIpc) is 2.42. The van der Waals surface area contributed by atoms with E-state index in [2.05, 4.69) is 13.8 Å². The van der Waals surface area contributed by atoms with E-state index < -0.39 is 0 Å². The van der Waals surface area contributed by atoms with E-state index in [1.807, 2.05) is 42.5 Å². The van der Waals surface area contributed by atoms with E-state index in [1.54, 1.807) is 12.1 Å². The summed E-state index contributed by atoms with van der Waals surface area (Å²) in [6.45, 7) is 4.55. The Labute approximate surface area is 116 Å². The predicted molar refractivity (Wildman–Crippen MR) is 81.7 cm³/mol. The van der Waals surface area contributed by atoms with Crippen molar-refractivity contribution in [3.05, 3.63) is 54.6 Å². The van der Waals surface area contributed by atoms with Gasteiger partial charge in [-0.25, -0.2) is 0 Å². The van der Waals surface area contributed by atoms with Crippen LogP contribution in [-0.4, -0.2) is 20.3 Å². The average molecular weight is 256 g/mol. The van der Waals surface area contributed by atoms with Gasteiger partial charge >= 0.3 is 0 Å². The summed E-state index contributed by atoms with van der Waals surface area (Å²) in [5.74, 6) is 0.305. The number of benzene rings is 2. The highest BCUT2D eigenvalue weighted by Crippen LogP contribution is 2.20. The minimum Gasteiger partial charge on any atom is -0.508 e. The molecule has 0 radical (unpaired) electrons. The maximum absolute atomic E-state index is 9.10. The Bertz CT molecular complexity index is 421. The second-order valence-corrected chi connectivity index (χ2v) is 6.97. The van der Waals surface area contributed by atoms with Gasteiger partial charge in [0.1, 0.15) is 5.75 Å². The molecule has 18 heavy (non-hydrogen) atoms. The minimum absolute atomic E-state index is 0.305. The summed E-state index contributed by atoms with van der Waals surface area (Å²) in [5, 5.41) is 12.1. The van der Waals surface area contributed by atoms with Gasteiger partial charge in [0.15, 0.2) is 0 Å². The van der Waals surface area contributed by atoms with Crippen molar-refractivity contribution in [3.8, 4) is 16.9 Å². The highest BCUT2D eigenvalue weighted by Gasteiger charge is 1.94. The second kappa shape index (κ2) is 8.80. The van der Waals surface area contributed by atoms with Crippen molar-refractivity contribution < 1.29 is 5.11 Å². The topological polar surface area (TPSA) is 20.2 Å². The SMILES string of the molecule is C[CH2][AlH][CH2]C.Oc1ccc(-c2ccccc2)cc1. The van der Waals surface area contributed by atoms with Crippen LogP contribution in [0.4, 0.5) is 0 Å². The summed E-state index contributed by atoms with van der Waals surface area (Å²) in [7, 11) is 0. The third kappa shape index (κ3) is 5.40. The first kappa shape index (κ1) is 14.8. The van der Waals surface area contributed by atoms with Gasteiger partial charge in [-0.2, -0.15) is 0 Å². The monoisotopic (exact) mass is 256 g/mol. The van der Waals surface area contributed by atoms with Crippen LogP contribution in [0.1, 0.15) is 13.8 Å². The van der Waals surface area contributed by atoms with Gasteiger partial charge in [0.2, 0.25) is 15.2 Å². The molecular formula is C16H21AlO. The molecule has 0 saturated carbocycles. The molecule has 0 amide bonds. The van der Waals surface area contributed by atoms with Gasteiger partial charge < -0.3 is 5.11 Å². The molecule has 2 aromatic carbocycles. The Morgan fingerprint density at radius 3 is 1.72 bits per heavy atom. The van der Waals surface area contributed by atoms with Crippen LogP contribution in [0, 0.1) is 0 Å². The molecule has 0 aliphatic rings. The van der Waals surface area contributed by atoms with Gasteiger partial charge in [0, 0.05) is 0 Å². The molecule has 1 nitrogen and oxygen atoms in total. The fourth-order valence-electron chi connectivity index (χ4n) is 1.64. The molecule has 0 unspecified atom stereocenters. The third-order valence-corrected chi connectivity index (χ3v) is 4.10. The Balaban J connectivity index is 0.000000280. The summed E-state index contributed by atoms with van der Waals surface area (Å²) in [6, 6.07) is 17.3. The van der Waals surface area contributed by atoms with Crippen LogP contribution in [0.5, 0.6) is 5.75 Å². The van der Waals surface area contributed by atoms with Crippen molar-refractivity contribution in [3.63, 3.8) is 0 Å². The summed E-state index contributed by atoms with van der Waals surface area (Å²) >= 11 is 0.432. The largest absolute Gasteiger partial charge is 0.508 e. The smallest absolute Gasteiger partial charge is 0.236 e. The quantitative estimate of drug-likeness (QED) is 0.809. The molecule has 0 spiro atoms. The Morgan fingerprint density at radius 2 is 1.28 bits per heavy atom. The zero-order chi connectivity index (χ0) is 13.2. The van der Waals surface area contributed by atoms with Gasteiger partial charge in [0.25, 0.3) is 0 Å². The normalized spacial score (nSPS) is 9.22. The zero-order valence-corrected chi connectivity index (χ0v) is 12.7. The lowest BCUT2D eigenvalue weighted by molar-refractivity contribution is 0.475. The van der Waals surface area contributed by atoms with Crippen LogP contribution in [0.2, 0.25) is 10.6 Å². The standard InChI is InChI=1S/C12H10O.2C2H5.Al.H/c13-12-8-6-11(7-9-12)10-4-2-1-3-5-10;2*1-2;;/h1-9,13H;2*1H2,2H3;;. The van der Waals surface area contributed by atoms with Crippen LogP contribution in [0.25, 0.3) is 11.1 Å². The number of rotatable bonds is 3. The highest BCUT2D eigenvalue weighted by atomic mass is 27.1. The Hall–Kier alpha value is -1.23. The molecule has 0 saturated heterocycles. The summed E-state index contributed by atoms with van der Waals surface area (Å²) in [4.78, 5) is 0. The fraction of sp³-hybridized carbons (Fsp3) is 0.250. The number of hydrogen-bond acceptors (Lipinski definition) is 1. The first-order chi connectivity index (χ1) is 8.77. The molecule has 0 atom stereocenters. The molecule has 2 heteroatoms. The number of phenolic OH excluding ortho intramolecular Hbond substituents is 1. The number of phenols is 1. The van der Waals surface area contributed by atoms with Gasteiger partial charge in [-0.1, -0.05) is 56.3 Å². The van der Waals surface area contributed by atoms with Crippen molar-refractivity contribution in [2.75, 3.05) is 0 Å². The molecule has 1 N–H and O–H groups in total. The van der Waals surface area contributed by atoms with Gasteiger partial charge in [-0.15, -0.1) is 10.6 Å². The van der Waals surface area contributed by atoms with Gasteiger partial charge in [-0.05, 0) is 23.3 Å². The predicted octanol–water partition coefficient (Wildman–Crippen LogP) is 4.36. The lowest BCUT2D eigenvalue weighted by Gasteiger charge is -2.00. The summed E-state index contributed by atoms with van der Waals surface area (Å²) < 4.78 is 0. The lowest BCUT2D eigenvalue weighted by atomic mass is 10.1. The minimum atomic E-state index is 0.305. The molecule has 94 valence electrons. The summed E-state index contributed by atoms with van der Waals surface area (Å²) in [5.41, 5.74) is 2.29. The van der Waals surface area contributed by atoms with Crippen LogP contribution >= 0.6 is 0 Å². The highest BCUT2D eigenvalue weighted by molar-refractivity contribution is 6.34. The fourth-order valence-corrected chi connectivity index (χ4v) is 2.35. The number of hydrogen-bond donors (Lipinski definition) is 1. The van der Waals surface area contributed by atoms with Crippen LogP contribution < -0.4 is 0 Å². The van der Waals surface area contributed by atoms with Gasteiger partial charge in [0.05, 0.1) is 0 Å². The van der Waals surface area contributed by atoms with E-state index in [1.165, 1.54) is 16.1 Å². The third-order valence-electron chi connectivity index (χ3n) is 2.68. The van der Waals surface area contributed by atoms with E-state index in [-0.39, 0.29) is 0 Å². The first-order valence-electron chi connectivity index (χ1n) is 6.62. The van der Waals surface area contributed by atoms with Crippen molar-refractivity contribution in [1.82, 2.24) is 0 Å². The van der Waals surface area contributed by atoms with E-state index >= 15 is 0 Å². The Kier molecular flexibility index (Phi) is 7.25. The molecular weight excluding hydrogens is 235 g/mol. The van der Waals surface area contributed by atoms with Crippen molar-refractivity contribution in [2.45, 2.75) is 24.4 Å². The second-order valence-electron chi connectivity index (χ2n) is 4.27. The molecule has 2 rings (SSSR count). The van der Waals surface area contributed by atoms with Crippen LogP contribution in [0.15, 0.2) is 54.6 Å². The van der Waals surface area contributed by atoms with E-state index in [9.17, 15) is 0 Å². The lowest BCUT2D eigenvalue weighted by Crippen LogP contribution is -1.76.